The van der Waals surface area contributed by atoms with Crippen LogP contribution >= 0.6 is 0 Å². The summed E-state index contributed by atoms with van der Waals surface area (Å²) in [7, 11) is -0.372. The molecule has 2 aromatic rings. The number of nitrogens with one attached hydrogen (secondary N) is 1. The SMILES string of the molecule is CN(C)S(=O)(=O)N1CCc2[nH]c3cc(F)ccc3c2C1. The van der Waals surface area contributed by atoms with Gasteiger partial charge in [-0.2, -0.15) is 17.0 Å². The molecule has 1 aliphatic rings. The maximum Gasteiger partial charge on any atom is 0.281 e. The van der Waals surface area contributed by atoms with Gasteiger partial charge in [-0.05, 0) is 23.8 Å². The number of aromatic nitrogens is 1. The second-order valence-corrected chi connectivity index (χ2v) is 7.29. The summed E-state index contributed by atoms with van der Waals surface area (Å²) < 4.78 is 40.3. The maximum atomic E-state index is 13.2. The third kappa shape index (κ3) is 2.02. The fourth-order valence-electron chi connectivity index (χ4n) is 2.60. The van der Waals surface area contributed by atoms with Crippen LogP contribution in [0.1, 0.15) is 11.3 Å². The molecule has 0 aliphatic carbocycles. The average molecular weight is 297 g/mol. The van der Waals surface area contributed by atoms with Crippen molar-refractivity contribution in [3.05, 3.63) is 35.3 Å². The zero-order chi connectivity index (χ0) is 14.5. The second kappa shape index (κ2) is 4.54. The normalized spacial score (nSPS) is 16.8. The topological polar surface area (TPSA) is 56.4 Å². The van der Waals surface area contributed by atoms with Crippen LogP contribution in [-0.4, -0.2) is 42.7 Å². The first kappa shape index (κ1) is 13.5. The van der Waals surface area contributed by atoms with E-state index in [2.05, 4.69) is 4.98 Å². The molecule has 1 N–H and O–H groups in total. The standard InChI is InChI=1S/C13H16FN3O2S/c1-16(2)20(18,19)17-6-5-12-11(8-17)10-4-3-9(14)7-13(10)15-12/h3-4,7,15H,5-6,8H2,1-2H3. The van der Waals surface area contributed by atoms with Gasteiger partial charge in [-0.1, -0.05) is 0 Å². The van der Waals surface area contributed by atoms with E-state index in [1.54, 1.807) is 6.07 Å². The first-order valence-electron chi connectivity index (χ1n) is 6.36. The Morgan fingerprint density at radius 1 is 1.35 bits per heavy atom. The number of hydrogen-bond acceptors (Lipinski definition) is 2. The fraction of sp³-hybridized carbons (Fsp3) is 0.385. The van der Waals surface area contributed by atoms with Gasteiger partial charge in [0.25, 0.3) is 10.2 Å². The molecule has 0 saturated heterocycles. The van der Waals surface area contributed by atoms with Crippen LogP contribution in [0.2, 0.25) is 0 Å². The summed E-state index contributed by atoms with van der Waals surface area (Å²) in [6, 6.07) is 4.54. The van der Waals surface area contributed by atoms with Crippen LogP contribution in [0.4, 0.5) is 4.39 Å². The number of H-pyrrole nitrogens is 1. The molecule has 0 fully saturated rings. The monoisotopic (exact) mass is 297 g/mol. The van der Waals surface area contributed by atoms with Crippen LogP contribution < -0.4 is 0 Å². The lowest BCUT2D eigenvalue weighted by Crippen LogP contribution is -2.42. The molecule has 0 amide bonds. The molecule has 0 bridgehead atoms. The van der Waals surface area contributed by atoms with Crippen molar-refractivity contribution in [3.8, 4) is 0 Å². The van der Waals surface area contributed by atoms with Gasteiger partial charge in [0.2, 0.25) is 0 Å². The number of hydrogen-bond donors (Lipinski definition) is 1. The highest BCUT2D eigenvalue weighted by atomic mass is 32.2. The largest absolute Gasteiger partial charge is 0.358 e. The van der Waals surface area contributed by atoms with Gasteiger partial charge in [0.1, 0.15) is 5.82 Å². The number of fused-ring (bicyclic) bond motifs is 3. The third-order valence-electron chi connectivity index (χ3n) is 3.69. The summed E-state index contributed by atoms with van der Waals surface area (Å²) >= 11 is 0. The molecule has 0 spiro atoms. The quantitative estimate of drug-likeness (QED) is 0.912. The van der Waals surface area contributed by atoms with Crippen LogP contribution in [-0.2, 0) is 23.2 Å². The first-order valence-corrected chi connectivity index (χ1v) is 7.76. The predicted octanol–water partition coefficient (Wildman–Crippen LogP) is 1.47. The molecule has 7 heteroatoms. The number of halogens is 1. The maximum absolute atomic E-state index is 13.2. The van der Waals surface area contributed by atoms with E-state index in [-0.39, 0.29) is 5.82 Å². The Balaban J connectivity index is 2.05. The van der Waals surface area contributed by atoms with Crippen LogP contribution in [0, 0.1) is 5.82 Å². The minimum Gasteiger partial charge on any atom is -0.358 e. The smallest absolute Gasteiger partial charge is 0.281 e. The van der Waals surface area contributed by atoms with Gasteiger partial charge in [-0.3, -0.25) is 0 Å². The molecular weight excluding hydrogens is 281 g/mol. The molecule has 3 rings (SSSR count). The Morgan fingerprint density at radius 3 is 2.80 bits per heavy atom. The third-order valence-corrected chi connectivity index (χ3v) is 5.58. The minimum absolute atomic E-state index is 0.297. The van der Waals surface area contributed by atoms with E-state index in [0.29, 0.717) is 19.5 Å². The summed E-state index contributed by atoms with van der Waals surface area (Å²) in [6.07, 6.45) is 0.610. The summed E-state index contributed by atoms with van der Waals surface area (Å²) in [5, 5.41) is 0.889. The second-order valence-electron chi connectivity index (χ2n) is 5.15. The predicted molar refractivity (Wildman–Crippen MR) is 75.0 cm³/mol. The zero-order valence-electron chi connectivity index (χ0n) is 11.4. The zero-order valence-corrected chi connectivity index (χ0v) is 12.2. The van der Waals surface area contributed by atoms with Gasteiger partial charge in [0, 0.05) is 50.2 Å². The van der Waals surface area contributed by atoms with Crippen molar-refractivity contribution in [2.24, 2.45) is 0 Å². The van der Waals surface area contributed by atoms with Crippen LogP contribution in [0.15, 0.2) is 18.2 Å². The summed E-state index contributed by atoms with van der Waals surface area (Å²) in [5.74, 6) is -0.297. The van der Waals surface area contributed by atoms with Crippen molar-refractivity contribution in [1.82, 2.24) is 13.6 Å². The number of benzene rings is 1. The Kier molecular flexibility index (Phi) is 3.07. The molecule has 0 unspecified atom stereocenters. The molecule has 0 radical (unpaired) electrons. The number of rotatable bonds is 2. The van der Waals surface area contributed by atoms with E-state index in [1.165, 1.54) is 34.8 Å². The van der Waals surface area contributed by atoms with E-state index < -0.39 is 10.2 Å². The fourth-order valence-corrected chi connectivity index (χ4v) is 3.67. The average Bonchev–Trinajstić information content (AvgIpc) is 2.74. The lowest BCUT2D eigenvalue weighted by Gasteiger charge is -2.28. The number of aromatic amines is 1. The van der Waals surface area contributed by atoms with E-state index in [4.69, 9.17) is 0 Å². The highest BCUT2D eigenvalue weighted by Gasteiger charge is 2.30. The van der Waals surface area contributed by atoms with E-state index in [0.717, 1.165) is 22.2 Å². The van der Waals surface area contributed by atoms with Gasteiger partial charge in [0.15, 0.2) is 0 Å². The molecule has 1 aliphatic heterocycles. The lowest BCUT2D eigenvalue weighted by molar-refractivity contribution is 0.358. The van der Waals surface area contributed by atoms with Gasteiger partial charge >= 0.3 is 0 Å². The van der Waals surface area contributed by atoms with Crippen molar-refractivity contribution < 1.29 is 12.8 Å². The van der Waals surface area contributed by atoms with E-state index in [9.17, 15) is 12.8 Å². The first-order chi connectivity index (χ1) is 9.39. The highest BCUT2D eigenvalue weighted by Crippen LogP contribution is 2.29. The molecule has 1 aromatic carbocycles. The molecule has 5 nitrogen and oxygen atoms in total. The van der Waals surface area contributed by atoms with Crippen LogP contribution in [0.5, 0.6) is 0 Å². The van der Waals surface area contributed by atoms with Crippen molar-refractivity contribution in [3.63, 3.8) is 0 Å². The van der Waals surface area contributed by atoms with E-state index >= 15 is 0 Å². The molecule has 0 saturated carbocycles. The van der Waals surface area contributed by atoms with Crippen LogP contribution in [0.3, 0.4) is 0 Å². The highest BCUT2D eigenvalue weighted by molar-refractivity contribution is 7.86. The van der Waals surface area contributed by atoms with Gasteiger partial charge in [-0.25, -0.2) is 4.39 Å². The molecule has 0 atom stereocenters. The van der Waals surface area contributed by atoms with Crippen molar-refractivity contribution in [2.75, 3.05) is 20.6 Å². The van der Waals surface area contributed by atoms with E-state index in [1.807, 2.05) is 0 Å². The van der Waals surface area contributed by atoms with Crippen molar-refractivity contribution in [1.29, 1.82) is 0 Å². The Morgan fingerprint density at radius 2 is 2.10 bits per heavy atom. The molecule has 108 valence electrons. The Hall–Kier alpha value is -1.44. The van der Waals surface area contributed by atoms with Crippen molar-refractivity contribution >= 4 is 21.1 Å². The summed E-state index contributed by atoms with van der Waals surface area (Å²) in [5.41, 5.74) is 2.66. The molecule has 1 aromatic heterocycles. The molecule has 2 heterocycles. The Bertz CT molecular complexity index is 767. The number of nitrogens with zero attached hydrogens (tertiary/aromatic N) is 2. The minimum atomic E-state index is -3.42. The summed E-state index contributed by atoms with van der Waals surface area (Å²) in [6.45, 7) is 0.754. The Labute approximate surface area is 117 Å². The van der Waals surface area contributed by atoms with Gasteiger partial charge < -0.3 is 4.98 Å². The van der Waals surface area contributed by atoms with Crippen molar-refractivity contribution in [2.45, 2.75) is 13.0 Å². The molecule has 20 heavy (non-hydrogen) atoms. The van der Waals surface area contributed by atoms with Gasteiger partial charge in [-0.15, -0.1) is 0 Å². The van der Waals surface area contributed by atoms with Crippen LogP contribution in [0.25, 0.3) is 10.9 Å². The van der Waals surface area contributed by atoms with Gasteiger partial charge in [0.05, 0.1) is 0 Å². The molecular formula is C13H16FN3O2S. The summed E-state index contributed by atoms with van der Waals surface area (Å²) in [4.78, 5) is 3.18. The lowest BCUT2D eigenvalue weighted by atomic mass is 10.1.